The third-order valence-electron chi connectivity index (χ3n) is 2.04. The second-order valence-electron chi connectivity index (χ2n) is 3.49. The van der Waals surface area contributed by atoms with E-state index in [9.17, 15) is 9.90 Å². The smallest absolute Gasteiger partial charge is 0.338 e. The standard InChI is InChI=1S/C15H16O3/c1-2-18-15(17)10-6-9-14(16)12-11-13-7-4-3-5-8-13/h3-5,7-12,14,16H,2H2,1H3/b12-11+. The van der Waals surface area contributed by atoms with Gasteiger partial charge in [0.1, 0.15) is 0 Å². The van der Waals surface area contributed by atoms with Gasteiger partial charge in [-0.2, -0.15) is 0 Å². The molecule has 0 saturated carbocycles. The first kappa shape index (κ1) is 14.0. The van der Waals surface area contributed by atoms with Crippen LogP contribution in [0, 0.1) is 0 Å². The zero-order chi connectivity index (χ0) is 13.2. The number of carbonyl (C=O) groups excluding carboxylic acids is 1. The molecule has 0 radical (unpaired) electrons. The molecule has 0 amide bonds. The molecular weight excluding hydrogens is 228 g/mol. The molecule has 0 aliphatic heterocycles. The van der Waals surface area contributed by atoms with Gasteiger partial charge in [0.15, 0.2) is 0 Å². The minimum absolute atomic E-state index is 0.327. The first-order chi connectivity index (χ1) is 8.72. The Bertz CT molecular complexity index is 454. The van der Waals surface area contributed by atoms with Crippen molar-refractivity contribution >= 4 is 12.0 Å². The zero-order valence-electron chi connectivity index (χ0n) is 10.2. The van der Waals surface area contributed by atoms with Crippen LogP contribution in [-0.4, -0.2) is 23.8 Å². The SMILES string of the molecule is CCOC(=O)C=C=CC(O)/C=C/c1ccccc1. The molecule has 1 atom stereocenters. The summed E-state index contributed by atoms with van der Waals surface area (Å²) in [5.41, 5.74) is 3.58. The molecule has 18 heavy (non-hydrogen) atoms. The van der Waals surface area contributed by atoms with Crippen molar-refractivity contribution in [2.45, 2.75) is 13.0 Å². The van der Waals surface area contributed by atoms with E-state index in [0.717, 1.165) is 11.6 Å². The fourth-order valence-corrected chi connectivity index (χ4v) is 1.23. The zero-order valence-corrected chi connectivity index (χ0v) is 10.2. The maximum atomic E-state index is 10.9. The number of hydrogen-bond donors (Lipinski definition) is 1. The van der Waals surface area contributed by atoms with Crippen molar-refractivity contribution in [1.29, 1.82) is 0 Å². The van der Waals surface area contributed by atoms with Gasteiger partial charge in [0.25, 0.3) is 0 Å². The van der Waals surface area contributed by atoms with E-state index in [1.165, 1.54) is 6.08 Å². The average Bonchev–Trinajstić information content (AvgIpc) is 2.38. The van der Waals surface area contributed by atoms with Crippen molar-refractivity contribution in [3.63, 3.8) is 0 Å². The molecule has 3 nitrogen and oxygen atoms in total. The molecule has 1 N–H and O–H groups in total. The van der Waals surface area contributed by atoms with Crippen LogP contribution >= 0.6 is 0 Å². The average molecular weight is 244 g/mol. The van der Waals surface area contributed by atoms with E-state index in [1.54, 1.807) is 19.1 Å². The Balaban J connectivity index is 2.51. The van der Waals surface area contributed by atoms with E-state index in [2.05, 4.69) is 10.5 Å². The van der Waals surface area contributed by atoms with Gasteiger partial charge in [-0.3, -0.25) is 0 Å². The molecular formula is C15H16O3. The molecule has 0 heterocycles. The highest BCUT2D eigenvalue weighted by Crippen LogP contribution is 2.02. The molecule has 1 rings (SSSR count). The summed E-state index contributed by atoms with van der Waals surface area (Å²) in [6.07, 6.45) is 5.17. The molecule has 1 aromatic rings. The molecule has 1 unspecified atom stereocenters. The number of ether oxygens (including phenoxy) is 1. The summed E-state index contributed by atoms with van der Waals surface area (Å²) in [6.45, 7) is 2.06. The van der Waals surface area contributed by atoms with Crippen molar-refractivity contribution in [2.75, 3.05) is 6.61 Å². The number of esters is 1. The Morgan fingerprint density at radius 1 is 1.44 bits per heavy atom. The third-order valence-corrected chi connectivity index (χ3v) is 2.04. The summed E-state index contributed by atoms with van der Waals surface area (Å²) in [6, 6.07) is 9.63. The van der Waals surface area contributed by atoms with E-state index in [1.807, 2.05) is 30.3 Å². The van der Waals surface area contributed by atoms with Crippen molar-refractivity contribution in [1.82, 2.24) is 0 Å². The summed E-state index contributed by atoms with van der Waals surface area (Å²) in [5.74, 6) is -0.465. The minimum atomic E-state index is -0.782. The number of carbonyl (C=O) groups is 1. The second-order valence-corrected chi connectivity index (χ2v) is 3.49. The first-order valence-electron chi connectivity index (χ1n) is 5.73. The van der Waals surface area contributed by atoms with Gasteiger partial charge >= 0.3 is 5.97 Å². The van der Waals surface area contributed by atoms with Crippen molar-refractivity contribution in [3.8, 4) is 0 Å². The Labute approximate surface area is 107 Å². The lowest BCUT2D eigenvalue weighted by Crippen LogP contribution is -1.99. The molecule has 94 valence electrons. The maximum absolute atomic E-state index is 10.9. The number of aliphatic hydroxyl groups excluding tert-OH is 1. The highest BCUT2D eigenvalue weighted by Gasteiger charge is 1.93. The number of rotatable bonds is 5. The fourth-order valence-electron chi connectivity index (χ4n) is 1.23. The lowest BCUT2D eigenvalue weighted by Gasteiger charge is -1.96. The number of benzene rings is 1. The normalized spacial score (nSPS) is 11.7. The molecule has 1 aromatic carbocycles. The fraction of sp³-hybridized carbons (Fsp3) is 0.200. The molecule has 0 aliphatic rings. The van der Waals surface area contributed by atoms with E-state index in [0.29, 0.717) is 6.61 Å². The van der Waals surface area contributed by atoms with Crippen LogP contribution in [-0.2, 0) is 9.53 Å². The predicted octanol–water partition coefficient (Wildman–Crippen LogP) is 2.34. The quantitative estimate of drug-likeness (QED) is 0.491. The van der Waals surface area contributed by atoms with Crippen molar-refractivity contribution < 1.29 is 14.6 Å². The van der Waals surface area contributed by atoms with Gasteiger partial charge in [-0.25, -0.2) is 4.79 Å². The molecule has 0 aliphatic carbocycles. The van der Waals surface area contributed by atoms with Gasteiger partial charge in [0.2, 0.25) is 0 Å². The Morgan fingerprint density at radius 2 is 2.17 bits per heavy atom. The summed E-state index contributed by atoms with van der Waals surface area (Å²) in [7, 11) is 0. The number of hydrogen-bond acceptors (Lipinski definition) is 3. The van der Waals surface area contributed by atoms with Crippen LogP contribution in [0.2, 0.25) is 0 Å². The largest absolute Gasteiger partial charge is 0.462 e. The van der Waals surface area contributed by atoms with Crippen LogP contribution in [0.4, 0.5) is 0 Å². The summed E-state index contributed by atoms with van der Waals surface area (Å²) < 4.78 is 4.68. The summed E-state index contributed by atoms with van der Waals surface area (Å²) >= 11 is 0. The Hall–Kier alpha value is -2.09. The predicted molar refractivity (Wildman–Crippen MR) is 70.8 cm³/mol. The van der Waals surface area contributed by atoms with Gasteiger partial charge in [-0.15, -0.1) is 5.73 Å². The van der Waals surface area contributed by atoms with E-state index >= 15 is 0 Å². The molecule has 0 saturated heterocycles. The van der Waals surface area contributed by atoms with Gasteiger partial charge in [0.05, 0.1) is 18.8 Å². The maximum Gasteiger partial charge on any atom is 0.338 e. The Kier molecular flexibility index (Phi) is 6.26. The molecule has 3 heteroatoms. The van der Waals surface area contributed by atoms with E-state index < -0.39 is 12.1 Å². The minimum Gasteiger partial charge on any atom is -0.462 e. The lowest BCUT2D eigenvalue weighted by atomic mass is 10.2. The van der Waals surface area contributed by atoms with Crippen molar-refractivity contribution in [3.05, 3.63) is 59.9 Å². The highest BCUT2D eigenvalue weighted by molar-refractivity contribution is 5.81. The van der Waals surface area contributed by atoms with Crippen LogP contribution in [0.15, 0.2) is 54.3 Å². The molecule has 0 fully saturated rings. The Morgan fingerprint density at radius 3 is 2.83 bits per heavy atom. The highest BCUT2D eigenvalue weighted by atomic mass is 16.5. The van der Waals surface area contributed by atoms with Gasteiger partial charge < -0.3 is 9.84 Å². The molecule has 0 aromatic heterocycles. The van der Waals surface area contributed by atoms with Gasteiger partial charge in [0, 0.05) is 0 Å². The number of aliphatic hydroxyl groups is 1. The van der Waals surface area contributed by atoms with Crippen LogP contribution in [0.1, 0.15) is 12.5 Å². The topological polar surface area (TPSA) is 46.5 Å². The molecule has 0 spiro atoms. The lowest BCUT2D eigenvalue weighted by molar-refractivity contribution is -0.137. The van der Waals surface area contributed by atoms with E-state index in [4.69, 9.17) is 0 Å². The van der Waals surface area contributed by atoms with Gasteiger partial charge in [-0.1, -0.05) is 42.5 Å². The van der Waals surface area contributed by atoms with Crippen molar-refractivity contribution in [2.24, 2.45) is 0 Å². The monoisotopic (exact) mass is 244 g/mol. The van der Waals surface area contributed by atoms with Crippen LogP contribution < -0.4 is 0 Å². The summed E-state index contributed by atoms with van der Waals surface area (Å²) in [5, 5.41) is 9.58. The van der Waals surface area contributed by atoms with Crippen LogP contribution in [0.3, 0.4) is 0 Å². The van der Waals surface area contributed by atoms with Crippen LogP contribution in [0.5, 0.6) is 0 Å². The molecule has 0 bridgehead atoms. The second kappa shape index (κ2) is 8.07. The first-order valence-corrected chi connectivity index (χ1v) is 5.73. The van der Waals surface area contributed by atoms with Gasteiger partial charge in [-0.05, 0) is 18.6 Å². The summed E-state index contributed by atoms with van der Waals surface area (Å²) in [4.78, 5) is 10.9. The third kappa shape index (κ3) is 5.85. The van der Waals surface area contributed by atoms with Crippen LogP contribution in [0.25, 0.3) is 6.08 Å². The van der Waals surface area contributed by atoms with E-state index in [-0.39, 0.29) is 0 Å².